The molecule has 0 saturated heterocycles. The second kappa shape index (κ2) is 4.62. The molecule has 0 amide bonds. The number of nitrogens with one attached hydrogen (secondary N) is 1. The summed E-state index contributed by atoms with van der Waals surface area (Å²) >= 11 is 0. The second-order valence-corrected chi connectivity index (χ2v) is 5.23. The molecule has 0 radical (unpaired) electrons. The lowest BCUT2D eigenvalue weighted by Crippen LogP contribution is -2.18. The maximum Gasteiger partial charge on any atom is 0.0226 e. The Bertz CT molecular complexity index is 365. The molecule has 2 rings (SSSR count). The summed E-state index contributed by atoms with van der Waals surface area (Å²) in [5.41, 5.74) is 4.22. The highest BCUT2D eigenvalue weighted by Crippen LogP contribution is 2.34. The van der Waals surface area contributed by atoms with E-state index < -0.39 is 0 Å². The van der Waals surface area contributed by atoms with Gasteiger partial charge in [-0.25, -0.2) is 0 Å². The molecule has 1 aromatic rings. The monoisotopic (exact) mass is 220 g/mol. The fourth-order valence-electron chi connectivity index (χ4n) is 2.54. The minimum atomic E-state index is 0.792. The average Bonchev–Trinajstić information content (AvgIpc) is 2.95. The van der Waals surface area contributed by atoms with Crippen LogP contribution in [0.15, 0.2) is 6.07 Å². The van der Waals surface area contributed by atoms with Crippen molar-refractivity contribution in [1.29, 1.82) is 0 Å². The van der Waals surface area contributed by atoms with Gasteiger partial charge in [-0.05, 0) is 44.2 Å². The normalized spacial score (nSPS) is 23.8. The molecule has 2 atom stereocenters. The summed E-state index contributed by atoms with van der Waals surface area (Å²) in [5.74, 6) is 0.954. The van der Waals surface area contributed by atoms with Crippen LogP contribution in [0.1, 0.15) is 43.1 Å². The van der Waals surface area contributed by atoms with Gasteiger partial charge in [0.25, 0.3) is 0 Å². The SMILES string of the molecule is CCCC1CC1NCc1cc(C)n(C)c1C. The zero-order chi connectivity index (χ0) is 11.7. The van der Waals surface area contributed by atoms with E-state index in [1.165, 1.54) is 36.2 Å². The molecule has 0 bridgehead atoms. The van der Waals surface area contributed by atoms with Crippen molar-refractivity contribution < 1.29 is 0 Å². The molecule has 16 heavy (non-hydrogen) atoms. The van der Waals surface area contributed by atoms with E-state index in [4.69, 9.17) is 0 Å². The lowest BCUT2D eigenvalue weighted by molar-refractivity contribution is 0.597. The second-order valence-electron chi connectivity index (χ2n) is 5.23. The zero-order valence-corrected chi connectivity index (χ0v) is 11.0. The Labute approximate surface area is 99.0 Å². The van der Waals surface area contributed by atoms with Gasteiger partial charge in [0.2, 0.25) is 0 Å². The summed E-state index contributed by atoms with van der Waals surface area (Å²) in [5, 5.41) is 3.68. The smallest absolute Gasteiger partial charge is 0.0226 e. The van der Waals surface area contributed by atoms with Gasteiger partial charge in [0, 0.05) is 31.0 Å². The van der Waals surface area contributed by atoms with Gasteiger partial charge in [0.1, 0.15) is 0 Å². The Kier molecular flexibility index (Phi) is 3.38. The maximum atomic E-state index is 3.68. The minimum absolute atomic E-state index is 0.792. The van der Waals surface area contributed by atoms with Gasteiger partial charge >= 0.3 is 0 Å². The molecule has 2 nitrogen and oxygen atoms in total. The first-order valence-electron chi connectivity index (χ1n) is 6.48. The van der Waals surface area contributed by atoms with E-state index in [1.54, 1.807) is 0 Å². The summed E-state index contributed by atoms with van der Waals surface area (Å²) < 4.78 is 2.27. The van der Waals surface area contributed by atoms with Crippen LogP contribution in [-0.2, 0) is 13.6 Å². The molecule has 2 heteroatoms. The average molecular weight is 220 g/mol. The fraction of sp³-hybridized carbons (Fsp3) is 0.714. The summed E-state index contributed by atoms with van der Waals surface area (Å²) in [4.78, 5) is 0. The Hall–Kier alpha value is -0.760. The van der Waals surface area contributed by atoms with Gasteiger partial charge in [-0.3, -0.25) is 0 Å². The lowest BCUT2D eigenvalue weighted by Gasteiger charge is -2.04. The van der Waals surface area contributed by atoms with Crippen molar-refractivity contribution in [2.75, 3.05) is 0 Å². The van der Waals surface area contributed by atoms with Crippen LogP contribution in [0.2, 0.25) is 0 Å². The van der Waals surface area contributed by atoms with Crippen LogP contribution in [-0.4, -0.2) is 10.6 Å². The van der Waals surface area contributed by atoms with E-state index in [1.807, 2.05) is 0 Å². The van der Waals surface area contributed by atoms with E-state index in [0.717, 1.165) is 18.5 Å². The van der Waals surface area contributed by atoms with Crippen molar-refractivity contribution in [3.63, 3.8) is 0 Å². The van der Waals surface area contributed by atoms with Crippen molar-refractivity contribution in [2.45, 2.75) is 52.6 Å². The number of hydrogen-bond donors (Lipinski definition) is 1. The highest BCUT2D eigenvalue weighted by atomic mass is 15.0. The van der Waals surface area contributed by atoms with Crippen molar-refractivity contribution in [3.8, 4) is 0 Å². The first kappa shape index (κ1) is 11.7. The Balaban J connectivity index is 1.84. The molecule has 0 spiro atoms. The number of aryl methyl sites for hydroxylation is 1. The topological polar surface area (TPSA) is 17.0 Å². The fourth-order valence-corrected chi connectivity index (χ4v) is 2.54. The van der Waals surface area contributed by atoms with Crippen LogP contribution in [0.25, 0.3) is 0 Å². The van der Waals surface area contributed by atoms with Crippen LogP contribution >= 0.6 is 0 Å². The van der Waals surface area contributed by atoms with E-state index >= 15 is 0 Å². The van der Waals surface area contributed by atoms with Gasteiger partial charge in [-0.1, -0.05) is 13.3 Å². The summed E-state index contributed by atoms with van der Waals surface area (Å²) in [6.45, 7) is 7.70. The number of aromatic nitrogens is 1. The third kappa shape index (κ3) is 2.32. The van der Waals surface area contributed by atoms with Crippen LogP contribution in [0, 0.1) is 19.8 Å². The largest absolute Gasteiger partial charge is 0.352 e. The first-order chi connectivity index (χ1) is 7.63. The Morgan fingerprint density at radius 3 is 2.75 bits per heavy atom. The summed E-state index contributed by atoms with van der Waals surface area (Å²) in [7, 11) is 2.14. The molecule has 90 valence electrons. The van der Waals surface area contributed by atoms with E-state index in [9.17, 15) is 0 Å². The van der Waals surface area contributed by atoms with Crippen LogP contribution < -0.4 is 5.32 Å². The van der Waals surface area contributed by atoms with Crippen molar-refractivity contribution in [2.24, 2.45) is 13.0 Å². The number of hydrogen-bond acceptors (Lipinski definition) is 1. The van der Waals surface area contributed by atoms with Crippen molar-refractivity contribution >= 4 is 0 Å². The lowest BCUT2D eigenvalue weighted by atomic mass is 10.2. The highest BCUT2D eigenvalue weighted by Gasteiger charge is 2.35. The van der Waals surface area contributed by atoms with Gasteiger partial charge in [0.15, 0.2) is 0 Å². The maximum absolute atomic E-state index is 3.68. The molecule has 1 aliphatic rings. The molecule has 1 N–H and O–H groups in total. The molecule has 1 aliphatic carbocycles. The van der Waals surface area contributed by atoms with E-state index in [0.29, 0.717) is 0 Å². The quantitative estimate of drug-likeness (QED) is 0.807. The third-order valence-electron chi connectivity index (χ3n) is 4.02. The molecule has 1 aromatic heterocycles. The standard InChI is InChI=1S/C14H24N2/c1-5-6-12-8-14(12)15-9-13-7-10(2)16(4)11(13)3/h7,12,14-15H,5-6,8-9H2,1-4H3. The van der Waals surface area contributed by atoms with E-state index in [2.05, 4.69) is 43.8 Å². The molecule has 0 aliphatic heterocycles. The summed E-state index contributed by atoms with van der Waals surface area (Å²) in [6.07, 6.45) is 4.11. The molecule has 0 aromatic carbocycles. The Morgan fingerprint density at radius 1 is 1.44 bits per heavy atom. The van der Waals surface area contributed by atoms with Crippen molar-refractivity contribution in [1.82, 2.24) is 9.88 Å². The first-order valence-corrected chi connectivity index (χ1v) is 6.48. The minimum Gasteiger partial charge on any atom is -0.352 e. The van der Waals surface area contributed by atoms with E-state index in [-0.39, 0.29) is 0 Å². The van der Waals surface area contributed by atoms with Crippen LogP contribution in [0.5, 0.6) is 0 Å². The zero-order valence-electron chi connectivity index (χ0n) is 11.0. The molecular formula is C14H24N2. The number of rotatable bonds is 5. The van der Waals surface area contributed by atoms with Crippen LogP contribution in [0.4, 0.5) is 0 Å². The Morgan fingerprint density at radius 2 is 2.19 bits per heavy atom. The number of nitrogens with zero attached hydrogens (tertiary/aromatic N) is 1. The molecule has 2 unspecified atom stereocenters. The predicted octanol–water partition coefficient (Wildman–Crippen LogP) is 2.92. The molecular weight excluding hydrogens is 196 g/mol. The van der Waals surface area contributed by atoms with Crippen LogP contribution in [0.3, 0.4) is 0 Å². The molecule has 1 fully saturated rings. The molecule has 1 saturated carbocycles. The summed E-state index contributed by atoms with van der Waals surface area (Å²) in [6, 6.07) is 3.10. The van der Waals surface area contributed by atoms with Gasteiger partial charge in [0.05, 0.1) is 0 Å². The van der Waals surface area contributed by atoms with Crippen molar-refractivity contribution in [3.05, 3.63) is 23.0 Å². The third-order valence-corrected chi connectivity index (χ3v) is 4.02. The van der Waals surface area contributed by atoms with Gasteiger partial charge < -0.3 is 9.88 Å². The molecule has 1 heterocycles. The van der Waals surface area contributed by atoms with Gasteiger partial charge in [-0.15, -0.1) is 0 Å². The highest BCUT2D eigenvalue weighted by molar-refractivity contribution is 5.26. The van der Waals surface area contributed by atoms with Gasteiger partial charge in [-0.2, -0.15) is 0 Å². The predicted molar refractivity (Wildman–Crippen MR) is 68.5 cm³/mol.